The first-order valence-electron chi connectivity index (χ1n) is 4.18. The van der Waals surface area contributed by atoms with E-state index in [2.05, 4.69) is 21.0 Å². The number of nitrogens with zero attached hydrogens (tertiary/aromatic N) is 3. The van der Waals surface area contributed by atoms with Crippen LogP contribution in [0.25, 0.3) is 0 Å². The molecule has 15 heavy (non-hydrogen) atoms. The quantitative estimate of drug-likeness (QED) is 0.828. The van der Waals surface area contributed by atoms with Crippen LogP contribution >= 0.6 is 15.9 Å². The minimum Gasteiger partial charge on any atom is -0.384 e. The Kier molecular flexibility index (Phi) is 3.92. The fourth-order valence-corrected chi connectivity index (χ4v) is 2.26. The van der Waals surface area contributed by atoms with Crippen molar-refractivity contribution >= 4 is 26.0 Å². The molecule has 0 radical (unpaired) electrons. The number of hydrogen-bond donors (Lipinski definition) is 0. The molecule has 0 fully saturated rings. The molecule has 0 atom stereocenters. The van der Waals surface area contributed by atoms with E-state index in [4.69, 9.17) is 0 Å². The van der Waals surface area contributed by atoms with Crippen LogP contribution in [0.15, 0.2) is 29.1 Å². The van der Waals surface area contributed by atoms with Crippen molar-refractivity contribution in [3.8, 4) is 0 Å². The van der Waals surface area contributed by atoms with E-state index in [0.717, 1.165) is 4.09 Å². The van der Waals surface area contributed by atoms with E-state index in [1.807, 2.05) is 14.1 Å². The molecule has 0 aliphatic heterocycles. The molecule has 0 saturated carbocycles. The van der Waals surface area contributed by atoms with Crippen LogP contribution in [0.5, 0.6) is 0 Å². The lowest BCUT2D eigenvalue weighted by Crippen LogP contribution is -2.16. The smallest absolute Gasteiger partial charge is 0.257 e. The summed E-state index contributed by atoms with van der Waals surface area (Å²) in [7, 11) is 0.281. The van der Waals surface area contributed by atoms with Gasteiger partial charge in [0.05, 0.1) is 22.6 Å². The Labute approximate surface area is 97.6 Å². The van der Waals surface area contributed by atoms with Crippen molar-refractivity contribution in [3.05, 3.63) is 29.1 Å². The number of hydrogen-bond acceptors (Lipinski definition) is 4. The minimum atomic E-state index is -3.37. The topological polar surface area (TPSA) is 55.2 Å². The Morgan fingerprint density at radius 1 is 1.60 bits per heavy atom. The first kappa shape index (κ1) is 12.3. The molecule has 0 amide bonds. The van der Waals surface area contributed by atoms with Gasteiger partial charge in [0.1, 0.15) is 0 Å². The highest BCUT2D eigenvalue weighted by Crippen LogP contribution is 2.08. The van der Waals surface area contributed by atoms with Crippen LogP contribution in [0.4, 0.5) is 0 Å². The van der Waals surface area contributed by atoms with E-state index in [1.54, 1.807) is 17.2 Å². The zero-order chi connectivity index (χ0) is 11.5. The van der Waals surface area contributed by atoms with Crippen molar-refractivity contribution in [3.63, 3.8) is 0 Å². The molecule has 1 aromatic heterocycles. The lowest BCUT2D eigenvalue weighted by atomic mass is 10.7. The second-order valence-electron chi connectivity index (χ2n) is 3.16. The molecule has 1 aromatic rings. The maximum absolute atomic E-state index is 11.6. The molecular formula is C8H12BrN3O2S. The lowest BCUT2D eigenvalue weighted by Gasteiger charge is -2.04. The summed E-state index contributed by atoms with van der Waals surface area (Å²) in [5, 5.41) is 3.72. The molecule has 1 heterocycles. The Hall–Kier alpha value is -0.820. The van der Waals surface area contributed by atoms with Crippen molar-refractivity contribution in [2.45, 2.75) is 0 Å². The van der Waals surface area contributed by atoms with E-state index in [-0.39, 0.29) is 5.75 Å². The van der Waals surface area contributed by atoms with E-state index in [9.17, 15) is 8.42 Å². The molecule has 84 valence electrons. The molecule has 0 bridgehead atoms. The van der Waals surface area contributed by atoms with Gasteiger partial charge in [-0.2, -0.15) is 9.19 Å². The van der Waals surface area contributed by atoms with Gasteiger partial charge in [-0.15, -0.1) is 0 Å². The van der Waals surface area contributed by atoms with Crippen LogP contribution in [0.2, 0.25) is 0 Å². The highest BCUT2D eigenvalue weighted by molar-refractivity contribution is 9.10. The van der Waals surface area contributed by atoms with Crippen LogP contribution in [0.3, 0.4) is 0 Å². The van der Waals surface area contributed by atoms with Gasteiger partial charge in [-0.05, 0) is 22.1 Å². The fraction of sp³-hybridized carbons (Fsp3) is 0.375. The average Bonchev–Trinajstić information content (AvgIpc) is 2.51. The maximum atomic E-state index is 11.6. The molecule has 0 aliphatic carbocycles. The molecule has 5 nitrogen and oxygen atoms in total. The van der Waals surface area contributed by atoms with Gasteiger partial charge in [0, 0.05) is 14.1 Å². The number of rotatable bonds is 4. The minimum absolute atomic E-state index is 0.0701. The van der Waals surface area contributed by atoms with Gasteiger partial charge in [0.2, 0.25) is 0 Å². The van der Waals surface area contributed by atoms with Crippen LogP contribution in [-0.4, -0.2) is 42.4 Å². The summed E-state index contributed by atoms with van der Waals surface area (Å²) in [6.07, 6.45) is 6.12. The third-order valence-electron chi connectivity index (χ3n) is 1.52. The van der Waals surface area contributed by atoms with Crippen LogP contribution < -0.4 is 0 Å². The monoisotopic (exact) mass is 293 g/mol. The van der Waals surface area contributed by atoms with Gasteiger partial charge in [-0.1, -0.05) is 6.08 Å². The normalized spacial score (nSPS) is 12.2. The summed E-state index contributed by atoms with van der Waals surface area (Å²) in [6, 6.07) is 0. The maximum Gasteiger partial charge on any atom is 0.257 e. The molecule has 0 saturated heterocycles. The Morgan fingerprint density at radius 2 is 2.27 bits per heavy atom. The van der Waals surface area contributed by atoms with Crippen LogP contribution in [0.1, 0.15) is 0 Å². The fourth-order valence-electron chi connectivity index (χ4n) is 0.888. The van der Waals surface area contributed by atoms with Crippen molar-refractivity contribution in [1.29, 1.82) is 0 Å². The van der Waals surface area contributed by atoms with Gasteiger partial charge in [0.15, 0.2) is 0 Å². The van der Waals surface area contributed by atoms with Gasteiger partial charge < -0.3 is 4.90 Å². The zero-order valence-corrected chi connectivity index (χ0v) is 10.9. The molecule has 0 unspecified atom stereocenters. The Balaban J connectivity index is 2.77. The second-order valence-corrected chi connectivity index (χ2v) is 5.95. The first-order valence-corrected chi connectivity index (χ1v) is 6.58. The second kappa shape index (κ2) is 4.80. The zero-order valence-electron chi connectivity index (χ0n) is 8.46. The predicted molar refractivity (Wildman–Crippen MR) is 61.9 cm³/mol. The van der Waals surface area contributed by atoms with Crippen LogP contribution in [-0.2, 0) is 10.0 Å². The molecule has 0 N–H and O–H groups in total. The number of aromatic nitrogens is 2. The summed E-state index contributed by atoms with van der Waals surface area (Å²) in [4.78, 5) is 1.77. The van der Waals surface area contributed by atoms with Gasteiger partial charge in [0.25, 0.3) is 10.0 Å². The first-order chi connectivity index (χ1) is 6.92. The molecule has 7 heteroatoms. The third-order valence-corrected chi connectivity index (χ3v) is 3.32. The summed E-state index contributed by atoms with van der Waals surface area (Å²) < 4.78 is 24.9. The summed E-state index contributed by atoms with van der Waals surface area (Å²) >= 11 is 3.14. The van der Waals surface area contributed by atoms with E-state index >= 15 is 0 Å². The largest absolute Gasteiger partial charge is 0.384 e. The molecule has 1 rings (SSSR count). The van der Waals surface area contributed by atoms with Gasteiger partial charge in [-0.3, -0.25) is 0 Å². The van der Waals surface area contributed by atoms with E-state index in [1.165, 1.54) is 12.4 Å². The summed E-state index contributed by atoms with van der Waals surface area (Å²) in [5.41, 5.74) is 0. The predicted octanol–water partition coefficient (Wildman–Crippen LogP) is 0.899. The molecule has 0 aliphatic rings. The van der Waals surface area contributed by atoms with Gasteiger partial charge in [-0.25, -0.2) is 8.42 Å². The Bertz CT molecular complexity index is 450. The van der Waals surface area contributed by atoms with Crippen molar-refractivity contribution < 1.29 is 8.42 Å². The van der Waals surface area contributed by atoms with Crippen molar-refractivity contribution in [1.82, 2.24) is 14.1 Å². The molecule has 0 aromatic carbocycles. The van der Waals surface area contributed by atoms with Crippen molar-refractivity contribution in [2.75, 3.05) is 19.8 Å². The third kappa shape index (κ3) is 3.67. The Morgan fingerprint density at radius 3 is 2.73 bits per heavy atom. The van der Waals surface area contributed by atoms with E-state index in [0.29, 0.717) is 4.47 Å². The van der Waals surface area contributed by atoms with Gasteiger partial charge >= 0.3 is 0 Å². The summed E-state index contributed by atoms with van der Waals surface area (Å²) in [5.74, 6) is -0.0701. The SMILES string of the molecule is CN(C)C=CCS(=O)(=O)n1cc(Br)cn1. The molecule has 0 spiro atoms. The van der Waals surface area contributed by atoms with E-state index < -0.39 is 10.0 Å². The molecular weight excluding hydrogens is 282 g/mol. The average molecular weight is 294 g/mol. The summed E-state index contributed by atoms with van der Waals surface area (Å²) in [6.45, 7) is 0. The lowest BCUT2D eigenvalue weighted by molar-refractivity contribution is 0.561. The highest BCUT2D eigenvalue weighted by atomic mass is 79.9. The standard InChI is InChI=1S/C8H12BrN3O2S/c1-11(2)4-3-5-15(13,14)12-7-8(9)6-10-12/h3-4,6-7H,5H2,1-2H3. The highest BCUT2D eigenvalue weighted by Gasteiger charge is 2.11. The number of halogens is 1. The van der Waals surface area contributed by atoms with Crippen molar-refractivity contribution in [2.24, 2.45) is 0 Å². The van der Waals surface area contributed by atoms with Crippen LogP contribution in [0, 0.1) is 0 Å².